The lowest BCUT2D eigenvalue weighted by Gasteiger charge is -2.27. The van der Waals surface area contributed by atoms with Gasteiger partial charge in [-0.15, -0.1) is 0 Å². The van der Waals surface area contributed by atoms with Crippen molar-refractivity contribution in [2.75, 3.05) is 27.4 Å². The second-order valence-electron chi connectivity index (χ2n) is 5.68. The largest absolute Gasteiger partial charge is 0.382 e. The third kappa shape index (κ3) is 4.06. The van der Waals surface area contributed by atoms with E-state index in [9.17, 15) is 4.79 Å². The fraction of sp³-hybridized carbons (Fsp3) is 0.389. The first kappa shape index (κ1) is 16.5. The number of hydrogen-bond acceptors (Lipinski definition) is 3. The number of benzene rings is 2. The van der Waals surface area contributed by atoms with Crippen LogP contribution in [0.15, 0.2) is 42.5 Å². The number of fused-ring (bicyclic) bond motifs is 1. The van der Waals surface area contributed by atoms with Gasteiger partial charge in [-0.1, -0.05) is 42.5 Å². The van der Waals surface area contributed by atoms with Gasteiger partial charge in [0.25, 0.3) is 0 Å². The first-order valence-corrected chi connectivity index (χ1v) is 7.35. The van der Waals surface area contributed by atoms with Gasteiger partial charge in [0.15, 0.2) is 0 Å². The smallest absolute Gasteiger partial charge is 0.224 e. The number of amides is 1. The Hall–Kier alpha value is -1.91. The molecular formula is C18H23NO3. The Kier molecular flexibility index (Phi) is 5.52. The molecule has 1 N–H and O–H groups in total. The third-order valence-corrected chi connectivity index (χ3v) is 3.83. The number of rotatable bonds is 7. The standard InChI is InChI=1S/C18H23NO3/c1-18(22-3,13-21-2)12-19-17(20)11-15-9-6-8-14-7-4-5-10-16(14)15/h4-10H,11-13H2,1-3H3,(H,19,20)/t18-/m0/s1. The van der Waals surface area contributed by atoms with E-state index in [1.165, 1.54) is 0 Å². The number of methoxy groups -OCH3 is 2. The fourth-order valence-corrected chi connectivity index (χ4v) is 2.46. The number of nitrogens with one attached hydrogen (secondary N) is 1. The van der Waals surface area contributed by atoms with Crippen molar-refractivity contribution in [1.29, 1.82) is 0 Å². The van der Waals surface area contributed by atoms with Gasteiger partial charge in [-0.05, 0) is 23.3 Å². The zero-order valence-corrected chi connectivity index (χ0v) is 13.4. The van der Waals surface area contributed by atoms with Crippen molar-refractivity contribution < 1.29 is 14.3 Å². The van der Waals surface area contributed by atoms with E-state index in [2.05, 4.69) is 17.4 Å². The molecule has 0 heterocycles. The van der Waals surface area contributed by atoms with Crippen LogP contribution in [0.1, 0.15) is 12.5 Å². The summed E-state index contributed by atoms with van der Waals surface area (Å²) in [5.41, 5.74) is 0.518. The fourth-order valence-electron chi connectivity index (χ4n) is 2.46. The highest BCUT2D eigenvalue weighted by molar-refractivity contribution is 5.90. The van der Waals surface area contributed by atoms with Crippen molar-refractivity contribution in [2.45, 2.75) is 18.9 Å². The van der Waals surface area contributed by atoms with Gasteiger partial charge in [-0.2, -0.15) is 0 Å². The minimum absolute atomic E-state index is 0.0178. The van der Waals surface area contributed by atoms with E-state index in [4.69, 9.17) is 9.47 Å². The van der Waals surface area contributed by atoms with E-state index in [1.54, 1.807) is 14.2 Å². The lowest BCUT2D eigenvalue weighted by atomic mass is 10.0. The van der Waals surface area contributed by atoms with E-state index in [-0.39, 0.29) is 5.91 Å². The van der Waals surface area contributed by atoms with Crippen LogP contribution in [0, 0.1) is 0 Å². The zero-order chi connectivity index (χ0) is 16.0. The molecule has 0 aliphatic rings. The minimum atomic E-state index is -0.511. The molecule has 4 nitrogen and oxygen atoms in total. The maximum atomic E-state index is 12.2. The molecule has 4 heteroatoms. The summed E-state index contributed by atoms with van der Waals surface area (Å²) in [5.74, 6) is -0.0178. The average molecular weight is 301 g/mol. The third-order valence-electron chi connectivity index (χ3n) is 3.83. The van der Waals surface area contributed by atoms with Crippen molar-refractivity contribution >= 4 is 16.7 Å². The first-order chi connectivity index (χ1) is 10.6. The van der Waals surface area contributed by atoms with E-state index in [0.717, 1.165) is 16.3 Å². The molecule has 1 amide bonds. The Balaban J connectivity index is 2.02. The number of ether oxygens (including phenoxy) is 2. The van der Waals surface area contributed by atoms with Gasteiger partial charge in [0.1, 0.15) is 5.60 Å². The summed E-state index contributed by atoms with van der Waals surface area (Å²) in [5, 5.41) is 5.19. The van der Waals surface area contributed by atoms with Crippen LogP contribution in [0.4, 0.5) is 0 Å². The van der Waals surface area contributed by atoms with Crippen LogP contribution >= 0.6 is 0 Å². The first-order valence-electron chi connectivity index (χ1n) is 7.35. The molecular weight excluding hydrogens is 278 g/mol. The van der Waals surface area contributed by atoms with Crippen LogP contribution in [0.3, 0.4) is 0 Å². The summed E-state index contributed by atoms with van der Waals surface area (Å²) < 4.78 is 10.5. The molecule has 0 bridgehead atoms. The molecule has 0 unspecified atom stereocenters. The predicted molar refractivity (Wildman–Crippen MR) is 88.0 cm³/mol. The number of carbonyl (C=O) groups excluding carboxylic acids is 1. The van der Waals surface area contributed by atoms with Crippen LogP contribution in [0.5, 0.6) is 0 Å². The highest BCUT2D eigenvalue weighted by Gasteiger charge is 2.24. The SMILES string of the molecule is COC[C@](C)(CNC(=O)Cc1cccc2ccccc12)OC. The summed E-state index contributed by atoms with van der Waals surface area (Å²) >= 11 is 0. The molecule has 118 valence electrons. The Bertz CT molecular complexity index is 636. The van der Waals surface area contributed by atoms with Crippen LogP contribution < -0.4 is 5.32 Å². The Morgan fingerprint density at radius 1 is 1.14 bits per heavy atom. The van der Waals surface area contributed by atoms with Crippen LogP contribution in [0.25, 0.3) is 10.8 Å². The number of carbonyl (C=O) groups is 1. The topological polar surface area (TPSA) is 47.6 Å². The van der Waals surface area contributed by atoms with Crippen molar-refractivity contribution in [2.24, 2.45) is 0 Å². The summed E-state index contributed by atoms with van der Waals surface area (Å²) in [6.07, 6.45) is 0.355. The summed E-state index contributed by atoms with van der Waals surface area (Å²) in [7, 11) is 3.24. The zero-order valence-electron chi connectivity index (χ0n) is 13.4. The normalized spacial score (nSPS) is 13.8. The Morgan fingerprint density at radius 2 is 1.86 bits per heavy atom. The molecule has 0 saturated heterocycles. The molecule has 0 aliphatic heterocycles. The highest BCUT2D eigenvalue weighted by atomic mass is 16.5. The van der Waals surface area contributed by atoms with E-state index >= 15 is 0 Å². The molecule has 22 heavy (non-hydrogen) atoms. The second kappa shape index (κ2) is 7.38. The van der Waals surface area contributed by atoms with Crippen molar-refractivity contribution in [3.8, 4) is 0 Å². The molecule has 0 fully saturated rings. The van der Waals surface area contributed by atoms with Crippen LogP contribution in [0.2, 0.25) is 0 Å². The van der Waals surface area contributed by atoms with Crippen molar-refractivity contribution in [1.82, 2.24) is 5.32 Å². The van der Waals surface area contributed by atoms with Crippen molar-refractivity contribution in [3.05, 3.63) is 48.0 Å². The molecule has 2 aromatic rings. The molecule has 0 aromatic heterocycles. The van der Waals surface area contributed by atoms with Gasteiger partial charge < -0.3 is 14.8 Å². The molecule has 0 aliphatic carbocycles. The number of hydrogen-bond donors (Lipinski definition) is 1. The lowest BCUT2D eigenvalue weighted by Crippen LogP contribution is -2.45. The van der Waals surface area contributed by atoms with Crippen LogP contribution in [-0.4, -0.2) is 38.9 Å². The predicted octanol–water partition coefficient (Wildman–Crippen LogP) is 2.55. The highest BCUT2D eigenvalue weighted by Crippen LogP contribution is 2.19. The Labute approximate surface area is 131 Å². The van der Waals surface area contributed by atoms with Crippen LogP contribution in [-0.2, 0) is 20.7 Å². The molecule has 0 spiro atoms. The summed E-state index contributed by atoms with van der Waals surface area (Å²) in [6, 6.07) is 14.1. The second-order valence-corrected chi connectivity index (χ2v) is 5.68. The lowest BCUT2D eigenvalue weighted by molar-refractivity contribution is -0.122. The van der Waals surface area contributed by atoms with Gasteiger partial charge in [-0.25, -0.2) is 0 Å². The van der Waals surface area contributed by atoms with Gasteiger partial charge in [0, 0.05) is 20.8 Å². The Morgan fingerprint density at radius 3 is 2.59 bits per heavy atom. The van der Waals surface area contributed by atoms with E-state index in [1.807, 2.05) is 37.3 Å². The van der Waals surface area contributed by atoms with E-state index < -0.39 is 5.60 Å². The van der Waals surface area contributed by atoms with Crippen molar-refractivity contribution in [3.63, 3.8) is 0 Å². The quantitative estimate of drug-likeness (QED) is 0.855. The molecule has 0 radical (unpaired) electrons. The molecule has 2 rings (SSSR count). The maximum absolute atomic E-state index is 12.2. The van der Waals surface area contributed by atoms with Gasteiger partial charge in [0.2, 0.25) is 5.91 Å². The monoisotopic (exact) mass is 301 g/mol. The summed E-state index contributed by atoms with van der Waals surface area (Å²) in [4.78, 5) is 12.2. The summed E-state index contributed by atoms with van der Waals surface area (Å²) in [6.45, 7) is 2.76. The van der Waals surface area contributed by atoms with Gasteiger partial charge in [0.05, 0.1) is 13.0 Å². The van der Waals surface area contributed by atoms with Gasteiger partial charge >= 0.3 is 0 Å². The minimum Gasteiger partial charge on any atom is -0.382 e. The van der Waals surface area contributed by atoms with E-state index in [0.29, 0.717) is 19.6 Å². The molecule has 1 atom stereocenters. The molecule has 0 saturated carbocycles. The molecule has 2 aromatic carbocycles. The maximum Gasteiger partial charge on any atom is 0.224 e. The average Bonchev–Trinajstić information content (AvgIpc) is 2.54. The van der Waals surface area contributed by atoms with Gasteiger partial charge in [-0.3, -0.25) is 4.79 Å².